The van der Waals surface area contributed by atoms with Crippen LogP contribution in [0.2, 0.25) is 0 Å². The number of hydrogen-bond donors (Lipinski definition) is 0. The van der Waals surface area contributed by atoms with Gasteiger partial charge in [-0.25, -0.2) is 8.78 Å². The third-order valence-corrected chi connectivity index (χ3v) is 2.64. The topological polar surface area (TPSA) is 73.1 Å². The maximum Gasteiger partial charge on any atom is 0.281 e. The molecule has 0 radical (unpaired) electrons. The zero-order chi connectivity index (χ0) is 14.7. The number of carbonyl (C=O) groups is 1. The van der Waals surface area contributed by atoms with Gasteiger partial charge in [-0.15, -0.1) is 0 Å². The van der Waals surface area contributed by atoms with Crippen LogP contribution in [0.5, 0.6) is 0 Å². The Morgan fingerprint density at radius 2 is 2.05 bits per heavy atom. The van der Waals surface area contributed by atoms with Crippen molar-refractivity contribution < 1.29 is 18.5 Å². The van der Waals surface area contributed by atoms with Crippen molar-refractivity contribution in [3.05, 3.63) is 69.5 Å². The summed E-state index contributed by atoms with van der Waals surface area (Å²) >= 11 is 0. The van der Waals surface area contributed by atoms with Crippen molar-refractivity contribution in [2.24, 2.45) is 0 Å². The van der Waals surface area contributed by atoms with Gasteiger partial charge in [0.15, 0.2) is 0 Å². The average Bonchev–Trinajstić information content (AvgIpc) is 2.46. The molecule has 1 aromatic carbocycles. The van der Waals surface area contributed by atoms with Gasteiger partial charge in [0, 0.05) is 29.6 Å². The summed E-state index contributed by atoms with van der Waals surface area (Å²) in [5.74, 6) is -0.634. The minimum absolute atomic E-state index is 0.153. The summed E-state index contributed by atoms with van der Waals surface area (Å²) in [6, 6.07) is 5.71. The number of ketones is 1. The highest BCUT2D eigenvalue weighted by atomic mass is 19.3. The monoisotopic (exact) mass is 278 g/mol. The predicted octanol–water partition coefficient (Wildman–Crippen LogP) is 3.16. The second kappa shape index (κ2) is 5.52. The summed E-state index contributed by atoms with van der Waals surface area (Å²) in [4.78, 5) is 25.9. The Morgan fingerprint density at radius 1 is 1.30 bits per heavy atom. The summed E-state index contributed by atoms with van der Waals surface area (Å²) in [7, 11) is 0. The van der Waals surface area contributed by atoms with Gasteiger partial charge in [0.2, 0.25) is 5.78 Å². The van der Waals surface area contributed by atoms with Crippen LogP contribution in [0.3, 0.4) is 0 Å². The lowest BCUT2D eigenvalue weighted by atomic mass is 10.0. The molecule has 2 aromatic rings. The van der Waals surface area contributed by atoms with Crippen LogP contribution in [0.25, 0.3) is 0 Å². The number of halogens is 2. The largest absolute Gasteiger partial charge is 0.288 e. The molecule has 0 N–H and O–H groups in total. The predicted molar refractivity (Wildman–Crippen MR) is 65.7 cm³/mol. The first-order chi connectivity index (χ1) is 9.50. The van der Waals surface area contributed by atoms with Gasteiger partial charge in [0.25, 0.3) is 12.1 Å². The lowest BCUT2D eigenvalue weighted by Gasteiger charge is -2.05. The Labute approximate surface area is 112 Å². The van der Waals surface area contributed by atoms with E-state index in [0.29, 0.717) is 6.07 Å². The average molecular weight is 278 g/mol. The highest BCUT2D eigenvalue weighted by molar-refractivity contribution is 6.11. The molecule has 0 saturated heterocycles. The van der Waals surface area contributed by atoms with Crippen molar-refractivity contribution in [3.8, 4) is 0 Å². The second-order valence-electron chi connectivity index (χ2n) is 3.91. The number of benzene rings is 1. The van der Waals surface area contributed by atoms with Crippen molar-refractivity contribution in [3.63, 3.8) is 0 Å². The van der Waals surface area contributed by atoms with Gasteiger partial charge < -0.3 is 0 Å². The van der Waals surface area contributed by atoms with Crippen LogP contribution < -0.4 is 0 Å². The number of nitro benzene ring substituents is 1. The van der Waals surface area contributed by atoms with Crippen molar-refractivity contribution in [2.45, 2.75) is 6.43 Å². The minimum Gasteiger partial charge on any atom is -0.288 e. The summed E-state index contributed by atoms with van der Waals surface area (Å²) in [5, 5.41) is 10.9. The molecule has 0 fully saturated rings. The molecule has 0 amide bonds. The van der Waals surface area contributed by atoms with Gasteiger partial charge >= 0.3 is 0 Å². The Morgan fingerprint density at radius 3 is 2.60 bits per heavy atom. The molecule has 102 valence electrons. The molecule has 0 spiro atoms. The Balaban J connectivity index is 2.51. The molecule has 0 aliphatic heterocycles. The normalized spacial score (nSPS) is 10.6. The minimum atomic E-state index is -2.84. The van der Waals surface area contributed by atoms with E-state index in [4.69, 9.17) is 0 Å². The molecule has 0 bridgehead atoms. The zero-order valence-electron chi connectivity index (χ0n) is 9.99. The molecular formula is C13H8F2N2O3. The quantitative estimate of drug-likeness (QED) is 0.489. The van der Waals surface area contributed by atoms with Crippen molar-refractivity contribution in [2.75, 3.05) is 0 Å². The van der Waals surface area contributed by atoms with E-state index in [1.165, 1.54) is 24.5 Å². The molecule has 0 aliphatic rings. The van der Waals surface area contributed by atoms with E-state index in [1.54, 1.807) is 0 Å². The van der Waals surface area contributed by atoms with Crippen LogP contribution in [-0.4, -0.2) is 15.7 Å². The van der Waals surface area contributed by atoms with Gasteiger partial charge in [-0.1, -0.05) is 6.07 Å². The fourth-order valence-corrected chi connectivity index (χ4v) is 1.68. The Bertz CT molecular complexity index is 660. The van der Waals surface area contributed by atoms with E-state index in [-0.39, 0.29) is 11.1 Å². The van der Waals surface area contributed by atoms with Crippen LogP contribution in [0.4, 0.5) is 14.5 Å². The molecule has 20 heavy (non-hydrogen) atoms. The molecule has 5 nitrogen and oxygen atoms in total. The number of pyridine rings is 1. The van der Waals surface area contributed by atoms with E-state index in [0.717, 1.165) is 12.1 Å². The molecule has 0 saturated carbocycles. The van der Waals surface area contributed by atoms with Crippen LogP contribution >= 0.6 is 0 Å². The van der Waals surface area contributed by atoms with Gasteiger partial charge in [-0.3, -0.25) is 19.9 Å². The maximum atomic E-state index is 12.5. The summed E-state index contributed by atoms with van der Waals surface area (Å²) in [5.41, 5.74) is -1.23. The fourth-order valence-electron chi connectivity index (χ4n) is 1.68. The number of rotatable bonds is 4. The van der Waals surface area contributed by atoms with E-state index in [2.05, 4.69) is 4.98 Å². The summed E-state index contributed by atoms with van der Waals surface area (Å²) < 4.78 is 25.1. The number of alkyl halides is 2. The first kappa shape index (κ1) is 13.7. The number of nitro groups is 1. The third kappa shape index (κ3) is 2.66. The summed E-state index contributed by atoms with van der Waals surface area (Å²) in [6.45, 7) is 0. The third-order valence-electron chi connectivity index (χ3n) is 2.64. The van der Waals surface area contributed by atoms with Crippen molar-refractivity contribution >= 4 is 11.5 Å². The summed E-state index contributed by atoms with van der Waals surface area (Å²) in [6.07, 6.45) is -0.130. The van der Waals surface area contributed by atoms with Crippen LogP contribution in [0.1, 0.15) is 27.9 Å². The molecule has 2 rings (SSSR count). The van der Waals surface area contributed by atoms with Crippen LogP contribution in [0, 0.1) is 10.1 Å². The van der Waals surface area contributed by atoms with Gasteiger partial charge in [0.05, 0.1) is 4.92 Å². The molecular weight excluding hydrogens is 270 g/mol. The SMILES string of the molecule is O=C(c1cccnc1)c1ccc(C(F)F)cc1[N+](=O)[O-]. The first-order valence-corrected chi connectivity index (χ1v) is 5.52. The van der Waals surface area contributed by atoms with Crippen LogP contribution in [-0.2, 0) is 0 Å². The molecule has 7 heteroatoms. The fraction of sp³-hybridized carbons (Fsp3) is 0.0769. The molecule has 1 heterocycles. The standard InChI is InChI=1S/C13H8F2N2O3/c14-13(15)8-3-4-10(11(6-8)17(19)20)12(18)9-2-1-5-16-7-9/h1-7,13H. The van der Waals surface area contributed by atoms with Gasteiger partial charge in [-0.05, 0) is 18.2 Å². The van der Waals surface area contributed by atoms with Crippen molar-refractivity contribution in [1.82, 2.24) is 4.98 Å². The smallest absolute Gasteiger partial charge is 0.281 e. The number of hydrogen-bond acceptors (Lipinski definition) is 4. The van der Waals surface area contributed by atoms with Gasteiger partial charge in [-0.2, -0.15) is 0 Å². The Kier molecular flexibility index (Phi) is 3.79. The highest BCUT2D eigenvalue weighted by Gasteiger charge is 2.23. The van der Waals surface area contributed by atoms with E-state index < -0.39 is 28.4 Å². The highest BCUT2D eigenvalue weighted by Crippen LogP contribution is 2.28. The van der Waals surface area contributed by atoms with E-state index in [9.17, 15) is 23.7 Å². The molecule has 0 atom stereocenters. The van der Waals surface area contributed by atoms with E-state index in [1.807, 2.05) is 0 Å². The number of nitrogens with zero attached hydrogens (tertiary/aromatic N) is 2. The lowest BCUT2D eigenvalue weighted by Crippen LogP contribution is -2.06. The Hall–Kier alpha value is -2.70. The van der Waals surface area contributed by atoms with E-state index >= 15 is 0 Å². The maximum absolute atomic E-state index is 12.5. The molecule has 0 aliphatic carbocycles. The number of aromatic nitrogens is 1. The molecule has 1 aromatic heterocycles. The van der Waals surface area contributed by atoms with Crippen molar-refractivity contribution in [1.29, 1.82) is 0 Å². The first-order valence-electron chi connectivity index (χ1n) is 5.52. The van der Waals surface area contributed by atoms with Crippen LogP contribution in [0.15, 0.2) is 42.7 Å². The second-order valence-corrected chi connectivity index (χ2v) is 3.91. The number of carbonyl (C=O) groups excluding carboxylic acids is 1. The lowest BCUT2D eigenvalue weighted by molar-refractivity contribution is -0.385. The zero-order valence-corrected chi connectivity index (χ0v) is 9.99. The van der Waals surface area contributed by atoms with Gasteiger partial charge in [0.1, 0.15) is 5.56 Å². The molecule has 0 unspecified atom stereocenters.